The van der Waals surface area contributed by atoms with Crippen LogP contribution in [-0.2, 0) is 6.54 Å². The molecule has 0 aliphatic heterocycles. The molecule has 1 rings (SSSR count). The van der Waals surface area contributed by atoms with Gasteiger partial charge in [0.2, 0.25) is 0 Å². The third-order valence-corrected chi connectivity index (χ3v) is 2.88. The molecule has 0 aromatic carbocycles. The smallest absolute Gasteiger partial charge is 0.147 e. The van der Waals surface area contributed by atoms with Gasteiger partial charge >= 0.3 is 0 Å². The first kappa shape index (κ1) is 15.9. The number of nitrogens with zero attached hydrogens (tertiary/aromatic N) is 3. The average molecular weight is 264 g/mol. The maximum Gasteiger partial charge on any atom is 0.147 e. The zero-order valence-electron chi connectivity index (χ0n) is 13.0. The summed E-state index contributed by atoms with van der Waals surface area (Å²) in [4.78, 5) is 11.4. The molecule has 4 nitrogen and oxygen atoms in total. The molecule has 0 unspecified atom stereocenters. The lowest BCUT2D eigenvalue weighted by molar-refractivity contribution is 0.563. The van der Waals surface area contributed by atoms with Crippen molar-refractivity contribution in [1.29, 1.82) is 0 Å². The van der Waals surface area contributed by atoms with Crippen molar-refractivity contribution in [2.24, 2.45) is 5.92 Å². The molecular weight excluding hydrogens is 236 g/mol. The molecule has 0 radical (unpaired) electrons. The molecule has 0 saturated carbocycles. The Kier molecular flexibility index (Phi) is 6.78. The zero-order valence-corrected chi connectivity index (χ0v) is 13.0. The standard InChI is InChI=1S/C15H28N4/c1-6-7-16-8-14-9-17-10-15(18-14)19(13(4)5)11-12(2)3/h9-10,12-13,16H,6-8,11H2,1-5H3. The second-order valence-corrected chi connectivity index (χ2v) is 5.69. The van der Waals surface area contributed by atoms with E-state index in [4.69, 9.17) is 4.98 Å². The van der Waals surface area contributed by atoms with E-state index in [9.17, 15) is 0 Å². The molecule has 1 N–H and O–H groups in total. The van der Waals surface area contributed by atoms with Crippen LogP contribution in [0, 0.1) is 5.92 Å². The maximum atomic E-state index is 4.72. The van der Waals surface area contributed by atoms with E-state index in [0.717, 1.165) is 37.6 Å². The summed E-state index contributed by atoms with van der Waals surface area (Å²) >= 11 is 0. The van der Waals surface area contributed by atoms with E-state index in [0.29, 0.717) is 12.0 Å². The van der Waals surface area contributed by atoms with Gasteiger partial charge in [-0.3, -0.25) is 4.98 Å². The minimum absolute atomic E-state index is 0.440. The lowest BCUT2D eigenvalue weighted by Gasteiger charge is -2.29. The van der Waals surface area contributed by atoms with Crippen LogP contribution in [0.1, 0.15) is 46.7 Å². The average Bonchev–Trinajstić information content (AvgIpc) is 2.36. The summed E-state index contributed by atoms with van der Waals surface area (Å²) < 4.78 is 0. The molecule has 19 heavy (non-hydrogen) atoms. The van der Waals surface area contributed by atoms with Crippen molar-refractivity contribution in [3.8, 4) is 0 Å². The van der Waals surface area contributed by atoms with Gasteiger partial charge in [0.05, 0.1) is 11.9 Å². The molecule has 1 aromatic rings. The van der Waals surface area contributed by atoms with Crippen LogP contribution in [0.25, 0.3) is 0 Å². The quantitative estimate of drug-likeness (QED) is 0.733. The Morgan fingerprint density at radius 2 is 1.95 bits per heavy atom. The molecule has 1 aromatic heterocycles. The van der Waals surface area contributed by atoms with Crippen LogP contribution in [0.15, 0.2) is 12.4 Å². The SMILES string of the molecule is CCCNCc1cncc(N(CC(C)C)C(C)C)n1. The van der Waals surface area contributed by atoms with Crippen molar-refractivity contribution >= 4 is 5.82 Å². The van der Waals surface area contributed by atoms with Crippen molar-refractivity contribution in [3.05, 3.63) is 18.1 Å². The zero-order chi connectivity index (χ0) is 14.3. The molecule has 108 valence electrons. The summed E-state index contributed by atoms with van der Waals surface area (Å²) in [5.41, 5.74) is 1.01. The number of anilines is 1. The van der Waals surface area contributed by atoms with Gasteiger partial charge in [-0.1, -0.05) is 20.8 Å². The number of hydrogen-bond acceptors (Lipinski definition) is 4. The predicted molar refractivity (Wildman–Crippen MR) is 81.3 cm³/mol. The van der Waals surface area contributed by atoms with Crippen LogP contribution in [0.4, 0.5) is 5.82 Å². The highest BCUT2D eigenvalue weighted by atomic mass is 15.2. The number of aromatic nitrogens is 2. The minimum atomic E-state index is 0.440. The summed E-state index contributed by atoms with van der Waals surface area (Å²) in [7, 11) is 0. The van der Waals surface area contributed by atoms with E-state index in [2.05, 4.69) is 49.8 Å². The highest BCUT2D eigenvalue weighted by Gasteiger charge is 2.14. The highest BCUT2D eigenvalue weighted by molar-refractivity contribution is 5.37. The number of hydrogen-bond donors (Lipinski definition) is 1. The Morgan fingerprint density at radius 1 is 1.21 bits per heavy atom. The van der Waals surface area contributed by atoms with Gasteiger partial charge in [-0.15, -0.1) is 0 Å². The summed E-state index contributed by atoms with van der Waals surface area (Å²) in [6, 6.07) is 0.440. The summed E-state index contributed by atoms with van der Waals surface area (Å²) in [5, 5.41) is 3.37. The monoisotopic (exact) mass is 264 g/mol. The third kappa shape index (κ3) is 5.55. The predicted octanol–water partition coefficient (Wildman–Crippen LogP) is 2.85. The molecule has 0 fully saturated rings. The van der Waals surface area contributed by atoms with Crippen LogP contribution in [0.5, 0.6) is 0 Å². The Balaban J connectivity index is 2.76. The molecule has 0 spiro atoms. The first-order valence-electron chi connectivity index (χ1n) is 7.32. The number of nitrogens with one attached hydrogen (secondary N) is 1. The van der Waals surface area contributed by atoms with E-state index in [1.165, 1.54) is 0 Å². The second-order valence-electron chi connectivity index (χ2n) is 5.69. The van der Waals surface area contributed by atoms with Crippen LogP contribution in [0.3, 0.4) is 0 Å². The third-order valence-electron chi connectivity index (χ3n) is 2.88. The normalized spacial score (nSPS) is 11.3. The van der Waals surface area contributed by atoms with Crippen LogP contribution in [0.2, 0.25) is 0 Å². The Labute approximate surface area is 117 Å². The molecule has 0 aliphatic carbocycles. The van der Waals surface area contributed by atoms with Gasteiger partial charge in [0.1, 0.15) is 5.82 Å². The van der Waals surface area contributed by atoms with E-state index in [1.807, 2.05) is 12.4 Å². The van der Waals surface area contributed by atoms with Gasteiger partial charge in [-0.05, 0) is 32.7 Å². The fraction of sp³-hybridized carbons (Fsp3) is 0.733. The van der Waals surface area contributed by atoms with Crippen LogP contribution >= 0.6 is 0 Å². The van der Waals surface area contributed by atoms with Crippen molar-refractivity contribution in [3.63, 3.8) is 0 Å². The fourth-order valence-corrected chi connectivity index (χ4v) is 1.97. The van der Waals surface area contributed by atoms with Crippen molar-refractivity contribution in [2.75, 3.05) is 18.0 Å². The van der Waals surface area contributed by atoms with E-state index < -0.39 is 0 Å². The van der Waals surface area contributed by atoms with E-state index in [1.54, 1.807) is 0 Å². The topological polar surface area (TPSA) is 41.1 Å². The molecule has 0 atom stereocenters. The summed E-state index contributed by atoms with van der Waals surface area (Å²) in [6.07, 6.45) is 4.85. The molecule has 0 bridgehead atoms. The Hall–Kier alpha value is -1.16. The molecule has 0 amide bonds. The van der Waals surface area contributed by atoms with Gasteiger partial charge < -0.3 is 10.2 Å². The fourth-order valence-electron chi connectivity index (χ4n) is 1.97. The van der Waals surface area contributed by atoms with Crippen molar-refractivity contribution in [1.82, 2.24) is 15.3 Å². The molecule has 4 heteroatoms. The van der Waals surface area contributed by atoms with Crippen molar-refractivity contribution in [2.45, 2.75) is 53.6 Å². The molecule has 0 aliphatic rings. The van der Waals surface area contributed by atoms with E-state index >= 15 is 0 Å². The summed E-state index contributed by atoms with van der Waals surface area (Å²) in [5.74, 6) is 1.60. The van der Waals surface area contributed by atoms with Gasteiger partial charge in [0.25, 0.3) is 0 Å². The highest BCUT2D eigenvalue weighted by Crippen LogP contribution is 2.15. The minimum Gasteiger partial charge on any atom is -0.353 e. The largest absolute Gasteiger partial charge is 0.353 e. The van der Waals surface area contributed by atoms with Gasteiger partial charge in [0.15, 0.2) is 0 Å². The van der Waals surface area contributed by atoms with Gasteiger partial charge in [-0.2, -0.15) is 0 Å². The number of rotatable bonds is 8. The van der Waals surface area contributed by atoms with E-state index in [-0.39, 0.29) is 0 Å². The first-order chi connectivity index (χ1) is 9.04. The van der Waals surface area contributed by atoms with Crippen LogP contribution in [-0.4, -0.2) is 29.1 Å². The Morgan fingerprint density at radius 3 is 2.53 bits per heavy atom. The molecule has 1 heterocycles. The first-order valence-corrected chi connectivity index (χ1v) is 7.32. The van der Waals surface area contributed by atoms with Gasteiger partial charge in [0, 0.05) is 25.3 Å². The molecular formula is C15H28N4. The summed E-state index contributed by atoms with van der Waals surface area (Å²) in [6.45, 7) is 13.9. The van der Waals surface area contributed by atoms with Crippen molar-refractivity contribution < 1.29 is 0 Å². The molecule has 0 saturated heterocycles. The lowest BCUT2D eigenvalue weighted by Crippen LogP contribution is -2.35. The maximum absolute atomic E-state index is 4.72. The Bertz CT molecular complexity index is 363. The second kappa shape index (κ2) is 8.10. The van der Waals surface area contributed by atoms with Crippen LogP contribution < -0.4 is 10.2 Å². The lowest BCUT2D eigenvalue weighted by atomic mass is 10.2. The van der Waals surface area contributed by atoms with Gasteiger partial charge in [-0.25, -0.2) is 4.98 Å².